The van der Waals surface area contributed by atoms with Gasteiger partial charge in [-0.05, 0) is 38.1 Å². The highest BCUT2D eigenvalue weighted by Gasteiger charge is 2.09. The molecule has 0 radical (unpaired) electrons. The topological polar surface area (TPSA) is 63.4 Å². The van der Waals surface area contributed by atoms with Crippen molar-refractivity contribution in [2.45, 2.75) is 13.8 Å². The second kappa shape index (κ2) is 6.52. The van der Waals surface area contributed by atoms with Gasteiger partial charge in [0.2, 0.25) is 0 Å². The van der Waals surface area contributed by atoms with Gasteiger partial charge in [-0.15, -0.1) is 0 Å². The standard InChI is InChI=1S/C12H16N2O3/c1-4-17-11-7-5-10(6-8-11)12(14-16-3)9(2)13-15/h5-8,15H,4H2,1-3H3/b13-9+,14-12-. The number of oxime groups is 2. The lowest BCUT2D eigenvalue weighted by Gasteiger charge is -2.06. The molecule has 5 nitrogen and oxygen atoms in total. The Bertz CT molecular complexity index is 410. The summed E-state index contributed by atoms with van der Waals surface area (Å²) in [5, 5.41) is 15.7. The number of hydrogen-bond donors (Lipinski definition) is 1. The van der Waals surface area contributed by atoms with Crippen LogP contribution in [0, 0.1) is 0 Å². The Balaban J connectivity index is 3.00. The third-order valence-corrected chi connectivity index (χ3v) is 2.11. The fourth-order valence-corrected chi connectivity index (χ4v) is 1.34. The zero-order valence-electron chi connectivity index (χ0n) is 10.2. The highest BCUT2D eigenvalue weighted by atomic mass is 16.6. The summed E-state index contributed by atoms with van der Waals surface area (Å²) in [4.78, 5) is 4.72. The van der Waals surface area contributed by atoms with Gasteiger partial charge in [-0.2, -0.15) is 0 Å². The lowest BCUT2D eigenvalue weighted by Crippen LogP contribution is -2.12. The fraction of sp³-hybridized carbons (Fsp3) is 0.333. The molecule has 0 aromatic heterocycles. The Morgan fingerprint density at radius 1 is 1.29 bits per heavy atom. The van der Waals surface area contributed by atoms with Crippen LogP contribution in [-0.2, 0) is 4.84 Å². The minimum absolute atomic E-state index is 0.385. The molecule has 1 rings (SSSR count). The molecule has 92 valence electrons. The Hall–Kier alpha value is -2.04. The minimum atomic E-state index is 0.385. The first-order valence-electron chi connectivity index (χ1n) is 5.26. The molecule has 0 aliphatic rings. The van der Waals surface area contributed by atoms with E-state index in [1.165, 1.54) is 7.11 Å². The molecule has 0 unspecified atom stereocenters. The maximum atomic E-state index is 8.76. The number of hydrogen-bond acceptors (Lipinski definition) is 5. The number of nitrogens with zero attached hydrogens (tertiary/aromatic N) is 2. The van der Waals surface area contributed by atoms with E-state index in [4.69, 9.17) is 14.8 Å². The highest BCUT2D eigenvalue weighted by Crippen LogP contribution is 2.13. The van der Waals surface area contributed by atoms with E-state index >= 15 is 0 Å². The highest BCUT2D eigenvalue weighted by molar-refractivity contribution is 6.47. The molecule has 1 aromatic rings. The van der Waals surface area contributed by atoms with E-state index in [0.29, 0.717) is 18.0 Å². The van der Waals surface area contributed by atoms with Crippen LogP contribution >= 0.6 is 0 Å². The van der Waals surface area contributed by atoms with Gasteiger partial charge in [0, 0.05) is 5.56 Å². The van der Waals surface area contributed by atoms with Crippen LogP contribution in [0.1, 0.15) is 19.4 Å². The van der Waals surface area contributed by atoms with Gasteiger partial charge in [0.05, 0.1) is 6.61 Å². The fourth-order valence-electron chi connectivity index (χ4n) is 1.34. The maximum Gasteiger partial charge on any atom is 0.134 e. The van der Waals surface area contributed by atoms with E-state index in [-0.39, 0.29) is 0 Å². The first-order chi connectivity index (χ1) is 8.22. The van der Waals surface area contributed by atoms with E-state index in [2.05, 4.69) is 10.3 Å². The van der Waals surface area contributed by atoms with Crippen molar-refractivity contribution in [2.24, 2.45) is 10.3 Å². The van der Waals surface area contributed by atoms with Crippen molar-refractivity contribution in [2.75, 3.05) is 13.7 Å². The normalized spacial score (nSPS) is 12.4. The van der Waals surface area contributed by atoms with Crippen molar-refractivity contribution in [1.29, 1.82) is 0 Å². The summed E-state index contributed by atoms with van der Waals surface area (Å²) in [5.41, 5.74) is 1.67. The summed E-state index contributed by atoms with van der Waals surface area (Å²) in [6, 6.07) is 7.32. The lowest BCUT2D eigenvalue weighted by molar-refractivity contribution is 0.214. The predicted octanol–water partition coefficient (Wildman–Crippen LogP) is 2.29. The molecule has 17 heavy (non-hydrogen) atoms. The Morgan fingerprint density at radius 3 is 2.41 bits per heavy atom. The van der Waals surface area contributed by atoms with Gasteiger partial charge < -0.3 is 14.8 Å². The molecule has 1 aromatic carbocycles. The quantitative estimate of drug-likeness (QED) is 0.484. The summed E-state index contributed by atoms with van der Waals surface area (Å²) in [6.45, 7) is 4.19. The molecule has 0 atom stereocenters. The van der Waals surface area contributed by atoms with E-state index in [1.807, 2.05) is 31.2 Å². The van der Waals surface area contributed by atoms with Crippen LogP contribution < -0.4 is 4.74 Å². The average Bonchev–Trinajstić information content (AvgIpc) is 2.37. The zero-order valence-corrected chi connectivity index (χ0v) is 10.2. The van der Waals surface area contributed by atoms with Gasteiger partial charge in [-0.3, -0.25) is 0 Å². The maximum absolute atomic E-state index is 8.76. The summed E-state index contributed by atoms with van der Waals surface area (Å²) < 4.78 is 5.34. The number of rotatable bonds is 5. The lowest BCUT2D eigenvalue weighted by atomic mass is 10.1. The average molecular weight is 236 g/mol. The molecular formula is C12H16N2O3. The largest absolute Gasteiger partial charge is 0.494 e. The molecule has 0 bridgehead atoms. The molecule has 0 amide bonds. The Kier molecular flexibility index (Phi) is 5.00. The van der Waals surface area contributed by atoms with E-state index < -0.39 is 0 Å². The summed E-state index contributed by atoms with van der Waals surface area (Å²) in [6.07, 6.45) is 0. The van der Waals surface area contributed by atoms with Crippen LogP contribution in [0.4, 0.5) is 0 Å². The van der Waals surface area contributed by atoms with Crippen molar-refractivity contribution >= 4 is 11.4 Å². The van der Waals surface area contributed by atoms with Crippen LogP contribution in [0.2, 0.25) is 0 Å². The predicted molar refractivity (Wildman–Crippen MR) is 66.1 cm³/mol. The molecule has 0 spiro atoms. The Labute approximate surface area is 100 Å². The first kappa shape index (κ1) is 13.0. The third kappa shape index (κ3) is 3.48. The van der Waals surface area contributed by atoms with E-state index in [1.54, 1.807) is 6.92 Å². The van der Waals surface area contributed by atoms with Crippen LogP contribution in [0.3, 0.4) is 0 Å². The van der Waals surface area contributed by atoms with Gasteiger partial charge in [0.25, 0.3) is 0 Å². The molecular weight excluding hydrogens is 220 g/mol. The molecule has 0 aliphatic heterocycles. The van der Waals surface area contributed by atoms with Crippen molar-refractivity contribution in [3.05, 3.63) is 29.8 Å². The van der Waals surface area contributed by atoms with Gasteiger partial charge in [-0.25, -0.2) is 0 Å². The molecule has 0 saturated carbocycles. The molecule has 0 fully saturated rings. The molecule has 0 saturated heterocycles. The SMILES string of the molecule is CCOc1ccc(C(=N\OC)/C(C)=N/O)cc1. The third-order valence-electron chi connectivity index (χ3n) is 2.11. The molecule has 0 heterocycles. The summed E-state index contributed by atoms with van der Waals surface area (Å²) in [5.74, 6) is 0.784. The first-order valence-corrected chi connectivity index (χ1v) is 5.26. The van der Waals surface area contributed by atoms with Crippen molar-refractivity contribution in [1.82, 2.24) is 0 Å². The van der Waals surface area contributed by atoms with Gasteiger partial charge in [-0.1, -0.05) is 10.3 Å². The molecule has 1 N–H and O–H groups in total. The van der Waals surface area contributed by atoms with Crippen LogP contribution in [0.5, 0.6) is 5.75 Å². The van der Waals surface area contributed by atoms with Gasteiger partial charge in [0.1, 0.15) is 24.3 Å². The smallest absolute Gasteiger partial charge is 0.134 e. The summed E-state index contributed by atoms with van der Waals surface area (Å²) in [7, 11) is 1.44. The van der Waals surface area contributed by atoms with Gasteiger partial charge in [0.15, 0.2) is 0 Å². The second-order valence-corrected chi connectivity index (χ2v) is 3.27. The Morgan fingerprint density at radius 2 is 1.94 bits per heavy atom. The molecule has 0 aliphatic carbocycles. The number of benzene rings is 1. The zero-order chi connectivity index (χ0) is 12.7. The minimum Gasteiger partial charge on any atom is -0.494 e. The number of ether oxygens (including phenoxy) is 1. The monoisotopic (exact) mass is 236 g/mol. The van der Waals surface area contributed by atoms with Crippen molar-refractivity contribution < 1.29 is 14.8 Å². The van der Waals surface area contributed by atoms with Crippen LogP contribution in [-0.4, -0.2) is 30.3 Å². The summed E-state index contributed by atoms with van der Waals surface area (Å²) >= 11 is 0. The van der Waals surface area contributed by atoms with Crippen LogP contribution in [0.15, 0.2) is 34.6 Å². The van der Waals surface area contributed by atoms with Crippen LogP contribution in [0.25, 0.3) is 0 Å². The van der Waals surface area contributed by atoms with Crippen molar-refractivity contribution in [3.63, 3.8) is 0 Å². The second-order valence-electron chi connectivity index (χ2n) is 3.27. The molecule has 5 heteroatoms. The van der Waals surface area contributed by atoms with Gasteiger partial charge >= 0.3 is 0 Å². The van der Waals surface area contributed by atoms with Crippen molar-refractivity contribution in [3.8, 4) is 5.75 Å². The van der Waals surface area contributed by atoms with E-state index in [0.717, 1.165) is 11.3 Å². The van der Waals surface area contributed by atoms with E-state index in [9.17, 15) is 0 Å².